The third-order valence-corrected chi connectivity index (χ3v) is 7.19. The van der Waals surface area contributed by atoms with E-state index < -0.39 is 28.2 Å². The molecule has 0 saturated carbocycles. The van der Waals surface area contributed by atoms with Gasteiger partial charge in [-0.3, -0.25) is 9.59 Å². The van der Waals surface area contributed by atoms with Crippen molar-refractivity contribution in [3.05, 3.63) is 94.0 Å². The van der Waals surface area contributed by atoms with E-state index >= 15 is 0 Å². The highest BCUT2D eigenvalue weighted by atomic mass is 32.2. The quantitative estimate of drug-likeness (QED) is 0.359. The van der Waals surface area contributed by atoms with Crippen LogP contribution in [-0.2, 0) is 14.6 Å². The van der Waals surface area contributed by atoms with E-state index in [-0.39, 0.29) is 32.3 Å². The number of ketones is 2. The second-order valence-corrected chi connectivity index (χ2v) is 9.22. The number of esters is 1. The fourth-order valence-corrected chi connectivity index (χ4v) is 5.10. The molecule has 4 rings (SSSR count). The molecule has 0 saturated heterocycles. The molecule has 0 fully saturated rings. The van der Waals surface area contributed by atoms with Crippen molar-refractivity contribution >= 4 is 27.4 Å². The Morgan fingerprint density at radius 3 is 2.23 bits per heavy atom. The lowest BCUT2D eigenvalue weighted by atomic mass is 10.0. The summed E-state index contributed by atoms with van der Waals surface area (Å²) in [4.78, 5) is 37.1. The van der Waals surface area contributed by atoms with Gasteiger partial charge in [-0.25, -0.2) is 13.2 Å². The van der Waals surface area contributed by atoms with Gasteiger partial charge in [0.15, 0.2) is 18.2 Å². The molecule has 0 bridgehead atoms. The van der Waals surface area contributed by atoms with Gasteiger partial charge < -0.3 is 4.74 Å². The smallest absolute Gasteiger partial charge is 0.338 e. The van der Waals surface area contributed by atoms with Gasteiger partial charge in [-0.05, 0) is 61.4 Å². The zero-order chi connectivity index (χ0) is 22.3. The van der Waals surface area contributed by atoms with E-state index in [1.165, 1.54) is 30.3 Å². The van der Waals surface area contributed by atoms with Gasteiger partial charge in [0.05, 0.1) is 15.4 Å². The molecule has 31 heavy (non-hydrogen) atoms. The van der Waals surface area contributed by atoms with Crippen LogP contribution < -0.4 is 0 Å². The van der Waals surface area contributed by atoms with E-state index in [1.807, 2.05) is 19.9 Å². The molecule has 1 aliphatic rings. The van der Waals surface area contributed by atoms with Crippen LogP contribution >= 0.6 is 0 Å². The molecular weight excluding hydrogens is 416 g/mol. The molecule has 0 spiro atoms. The van der Waals surface area contributed by atoms with E-state index in [0.717, 1.165) is 17.2 Å². The van der Waals surface area contributed by atoms with E-state index in [1.54, 1.807) is 18.2 Å². The first kappa shape index (κ1) is 20.7. The zero-order valence-electron chi connectivity index (χ0n) is 16.8. The predicted octanol–water partition coefficient (Wildman–Crippen LogP) is 3.72. The number of aryl methyl sites for hydroxylation is 2. The lowest BCUT2D eigenvalue weighted by Gasteiger charge is -2.19. The normalized spacial score (nSPS) is 13.8. The van der Waals surface area contributed by atoms with E-state index in [2.05, 4.69) is 0 Å². The Kier molecular flexibility index (Phi) is 5.07. The fraction of sp³-hybridized carbons (Fsp3) is 0.125. The predicted molar refractivity (Wildman–Crippen MR) is 112 cm³/mol. The fourth-order valence-electron chi connectivity index (χ4n) is 3.42. The molecule has 0 aromatic heterocycles. The molecule has 1 heterocycles. The van der Waals surface area contributed by atoms with Gasteiger partial charge in [0, 0.05) is 16.7 Å². The van der Waals surface area contributed by atoms with Crippen LogP contribution in [-0.4, -0.2) is 32.6 Å². The first-order valence-corrected chi connectivity index (χ1v) is 11.0. The average Bonchev–Trinajstić information content (AvgIpc) is 2.77. The summed E-state index contributed by atoms with van der Waals surface area (Å²) in [5.41, 5.74) is 2.46. The van der Waals surface area contributed by atoms with Crippen LogP contribution in [0.1, 0.15) is 47.8 Å². The molecule has 156 valence electrons. The number of hydrogen-bond acceptors (Lipinski definition) is 6. The first-order valence-electron chi connectivity index (χ1n) is 9.50. The third-order valence-electron chi connectivity index (χ3n) is 5.34. The Labute approximate surface area is 179 Å². The summed E-state index contributed by atoms with van der Waals surface area (Å²) < 4.78 is 31.0. The van der Waals surface area contributed by atoms with Crippen LogP contribution in [0.4, 0.5) is 0 Å². The number of benzene rings is 3. The van der Waals surface area contributed by atoms with Crippen LogP contribution in [0.2, 0.25) is 0 Å². The Bertz CT molecular complexity index is 1370. The van der Waals surface area contributed by atoms with Crippen LogP contribution in [0.25, 0.3) is 0 Å². The molecule has 3 aromatic rings. The zero-order valence-corrected chi connectivity index (χ0v) is 17.7. The maximum Gasteiger partial charge on any atom is 0.338 e. The van der Waals surface area contributed by atoms with Crippen LogP contribution in [0.3, 0.4) is 0 Å². The lowest BCUT2D eigenvalue weighted by molar-refractivity contribution is 0.0474. The van der Waals surface area contributed by atoms with Gasteiger partial charge in [-0.1, -0.05) is 24.3 Å². The Morgan fingerprint density at radius 1 is 0.806 bits per heavy atom. The minimum absolute atomic E-state index is 0.00135. The molecule has 0 aliphatic carbocycles. The largest absolute Gasteiger partial charge is 0.454 e. The molecular formula is C24H18O6S. The SMILES string of the molecule is Cc1ccc(C(=O)COC(=O)c2ccc3c(c2)S(=O)(=O)c2ccccc2C3=O)cc1C. The van der Waals surface area contributed by atoms with Crippen molar-refractivity contribution in [3.8, 4) is 0 Å². The molecule has 0 N–H and O–H groups in total. The number of carbonyl (C=O) groups excluding carboxylic acids is 3. The van der Waals surface area contributed by atoms with Gasteiger partial charge in [0.2, 0.25) is 9.84 Å². The van der Waals surface area contributed by atoms with Crippen molar-refractivity contribution < 1.29 is 27.5 Å². The number of ether oxygens (including phenoxy) is 1. The first-order chi connectivity index (χ1) is 14.7. The van der Waals surface area contributed by atoms with Crippen molar-refractivity contribution in [3.63, 3.8) is 0 Å². The summed E-state index contributed by atoms with van der Waals surface area (Å²) in [6, 6.07) is 14.9. The van der Waals surface area contributed by atoms with Crippen LogP contribution in [0, 0.1) is 13.8 Å². The summed E-state index contributed by atoms with van der Waals surface area (Å²) in [5, 5.41) is 0. The van der Waals surface area contributed by atoms with Gasteiger partial charge in [0.1, 0.15) is 0 Å². The molecule has 0 unspecified atom stereocenters. The minimum Gasteiger partial charge on any atom is -0.454 e. The standard InChI is InChI=1S/C24H18O6S/c1-14-7-8-16(11-15(14)2)20(25)13-30-24(27)17-9-10-19-22(12-17)31(28,29)21-6-4-3-5-18(21)23(19)26/h3-12H,13H2,1-2H3. The number of sulfone groups is 1. The molecule has 7 heteroatoms. The number of fused-ring (bicyclic) bond motifs is 2. The van der Waals surface area contributed by atoms with E-state index in [4.69, 9.17) is 4.74 Å². The van der Waals surface area contributed by atoms with Crippen molar-refractivity contribution in [2.45, 2.75) is 23.6 Å². The summed E-state index contributed by atoms with van der Waals surface area (Å²) in [7, 11) is -3.97. The highest BCUT2D eigenvalue weighted by molar-refractivity contribution is 7.91. The number of carbonyl (C=O) groups is 3. The third kappa shape index (κ3) is 3.57. The molecule has 1 aliphatic heterocycles. The van der Waals surface area contributed by atoms with Crippen molar-refractivity contribution in [1.82, 2.24) is 0 Å². The van der Waals surface area contributed by atoms with Gasteiger partial charge in [-0.15, -0.1) is 0 Å². The Balaban J connectivity index is 1.58. The summed E-state index contributed by atoms with van der Waals surface area (Å²) in [6.45, 7) is 3.33. The Morgan fingerprint density at radius 2 is 1.48 bits per heavy atom. The second kappa shape index (κ2) is 7.59. The molecule has 3 aromatic carbocycles. The van der Waals surface area contributed by atoms with Gasteiger partial charge in [0.25, 0.3) is 0 Å². The van der Waals surface area contributed by atoms with Crippen molar-refractivity contribution in [2.75, 3.05) is 6.61 Å². The molecule has 0 amide bonds. The minimum atomic E-state index is -3.97. The van der Waals surface area contributed by atoms with E-state index in [9.17, 15) is 22.8 Å². The van der Waals surface area contributed by atoms with E-state index in [0.29, 0.717) is 5.56 Å². The number of hydrogen-bond donors (Lipinski definition) is 0. The lowest BCUT2D eigenvalue weighted by Crippen LogP contribution is -2.21. The summed E-state index contributed by atoms with van der Waals surface area (Å²) in [6.07, 6.45) is 0. The maximum atomic E-state index is 13.0. The molecule has 0 radical (unpaired) electrons. The molecule has 0 atom stereocenters. The van der Waals surface area contributed by atoms with Gasteiger partial charge >= 0.3 is 5.97 Å². The highest BCUT2D eigenvalue weighted by Crippen LogP contribution is 2.34. The Hall–Kier alpha value is -3.58. The number of rotatable bonds is 4. The molecule has 6 nitrogen and oxygen atoms in total. The topological polar surface area (TPSA) is 94.6 Å². The monoisotopic (exact) mass is 434 g/mol. The van der Waals surface area contributed by atoms with Gasteiger partial charge in [-0.2, -0.15) is 0 Å². The number of Topliss-reactive ketones (excluding diaryl/α,β-unsaturated/α-hetero) is 1. The van der Waals surface area contributed by atoms with Crippen molar-refractivity contribution in [2.24, 2.45) is 0 Å². The summed E-state index contributed by atoms with van der Waals surface area (Å²) in [5.74, 6) is -1.64. The average molecular weight is 434 g/mol. The van der Waals surface area contributed by atoms with Crippen molar-refractivity contribution in [1.29, 1.82) is 0 Å². The van der Waals surface area contributed by atoms with Crippen LogP contribution in [0.5, 0.6) is 0 Å². The second-order valence-electron chi connectivity index (χ2n) is 7.34. The highest BCUT2D eigenvalue weighted by Gasteiger charge is 2.35. The van der Waals surface area contributed by atoms with Crippen LogP contribution in [0.15, 0.2) is 70.5 Å². The summed E-state index contributed by atoms with van der Waals surface area (Å²) >= 11 is 0. The maximum absolute atomic E-state index is 13.0.